The van der Waals surface area contributed by atoms with Gasteiger partial charge in [-0.2, -0.15) is 0 Å². The van der Waals surface area contributed by atoms with Crippen molar-refractivity contribution in [2.75, 3.05) is 0 Å². The number of ketones is 1. The highest BCUT2D eigenvalue weighted by Gasteiger charge is 2.09. The molecule has 0 N–H and O–H groups in total. The van der Waals surface area contributed by atoms with Crippen molar-refractivity contribution in [3.05, 3.63) is 68.3 Å². The Labute approximate surface area is 115 Å². The number of hydrogen-bond donors (Lipinski definition) is 0. The summed E-state index contributed by atoms with van der Waals surface area (Å²) in [4.78, 5) is 12.3. The third-order valence-electron chi connectivity index (χ3n) is 2.59. The van der Waals surface area contributed by atoms with Crippen LogP contribution in [0.25, 0.3) is 0 Å². The van der Waals surface area contributed by atoms with Crippen LogP contribution in [0.5, 0.6) is 0 Å². The van der Waals surface area contributed by atoms with Gasteiger partial charge in [0.25, 0.3) is 0 Å². The minimum Gasteiger partial charge on any atom is -0.289 e. The second kappa shape index (κ2) is 5.00. The number of hydrogen-bond acceptors (Lipinski definition) is 1. The molecular weight excluding hydrogens is 323 g/mol. The molecule has 0 atom stereocenters. The van der Waals surface area contributed by atoms with Crippen LogP contribution in [0, 0.1) is 17.4 Å². The Kier molecular flexibility index (Phi) is 3.62. The second-order valence-electron chi connectivity index (χ2n) is 4.21. The Hall–Kier alpha value is -1.16. The predicted octanol–water partition coefficient (Wildman–Crippen LogP) is 4.14. The van der Waals surface area contributed by atoms with Crippen LogP contribution in [-0.4, -0.2) is 5.78 Å². The van der Waals surface area contributed by atoms with E-state index in [0.717, 1.165) is 25.8 Å². The van der Waals surface area contributed by atoms with Gasteiger partial charge in [0, 0.05) is 14.7 Å². The molecule has 0 unspecified atom stereocenters. The monoisotopic (exact) mass is 336 g/mol. The first-order chi connectivity index (χ1) is 8.06. The Bertz CT molecular complexity index is 535. The topological polar surface area (TPSA) is 17.1 Å². The first-order valence-corrected chi connectivity index (χ1v) is 6.53. The molecule has 2 rings (SSSR count). The zero-order chi connectivity index (χ0) is 12.4. The summed E-state index contributed by atoms with van der Waals surface area (Å²) in [5.41, 5.74) is 3.76. The van der Waals surface area contributed by atoms with E-state index >= 15 is 0 Å². The normalized spacial score (nSPS) is 10.3. The summed E-state index contributed by atoms with van der Waals surface area (Å²) < 4.78 is 1.14. The zero-order valence-corrected chi connectivity index (χ0v) is 12.0. The maximum absolute atomic E-state index is 12.3. The van der Waals surface area contributed by atoms with Crippen molar-refractivity contribution in [3.63, 3.8) is 0 Å². The van der Waals surface area contributed by atoms with Gasteiger partial charge in [-0.05, 0) is 72.8 Å². The standard InChI is InChI=1S/C15H13IO/c1-10-7-11(2)9-13(8-10)15(17)12-3-5-14(16)6-4-12/h3-9H,1-2H3. The summed E-state index contributed by atoms with van der Waals surface area (Å²) in [5.74, 6) is 0.0909. The first-order valence-electron chi connectivity index (χ1n) is 5.45. The molecule has 0 aromatic heterocycles. The summed E-state index contributed by atoms with van der Waals surface area (Å²) in [6, 6.07) is 13.6. The van der Waals surface area contributed by atoms with Crippen LogP contribution >= 0.6 is 22.6 Å². The van der Waals surface area contributed by atoms with Gasteiger partial charge in [-0.15, -0.1) is 0 Å². The molecule has 0 bridgehead atoms. The van der Waals surface area contributed by atoms with Crippen molar-refractivity contribution in [1.29, 1.82) is 0 Å². The molecule has 0 heterocycles. The SMILES string of the molecule is Cc1cc(C)cc(C(=O)c2ccc(I)cc2)c1. The molecule has 0 aliphatic heterocycles. The Morgan fingerprint density at radius 3 is 1.94 bits per heavy atom. The van der Waals surface area contributed by atoms with E-state index in [4.69, 9.17) is 0 Å². The van der Waals surface area contributed by atoms with Crippen LogP contribution < -0.4 is 0 Å². The number of carbonyl (C=O) groups excluding carboxylic acids is 1. The Balaban J connectivity index is 2.40. The van der Waals surface area contributed by atoms with Gasteiger partial charge in [-0.3, -0.25) is 4.79 Å². The average molecular weight is 336 g/mol. The fourth-order valence-corrected chi connectivity index (χ4v) is 2.23. The van der Waals surface area contributed by atoms with E-state index in [9.17, 15) is 4.79 Å². The maximum Gasteiger partial charge on any atom is 0.193 e. The highest BCUT2D eigenvalue weighted by molar-refractivity contribution is 14.1. The Morgan fingerprint density at radius 2 is 1.41 bits per heavy atom. The molecule has 0 fully saturated rings. The van der Waals surface area contributed by atoms with Gasteiger partial charge >= 0.3 is 0 Å². The van der Waals surface area contributed by atoms with Crippen molar-refractivity contribution >= 4 is 28.4 Å². The molecule has 0 aliphatic rings. The quantitative estimate of drug-likeness (QED) is 0.595. The average Bonchev–Trinajstić information content (AvgIpc) is 2.28. The molecule has 0 spiro atoms. The summed E-state index contributed by atoms with van der Waals surface area (Å²) in [7, 11) is 0. The summed E-state index contributed by atoms with van der Waals surface area (Å²) in [6.07, 6.45) is 0. The van der Waals surface area contributed by atoms with Gasteiger partial charge in [0.1, 0.15) is 0 Å². The molecule has 0 aliphatic carbocycles. The summed E-state index contributed by atoms with van der Waals surface area (Å²) in [5, 5.41) is 0. The fraction of sp³-hybridized carbons (Fsp3) is 0.133. The van der Waals surface area contributed by atoms with Crippen LogP contribution in [0.4, 0.5) is 0 Å². The molecule has 2 aromatic carbocycles. The van der Waals surface area contributed by atoms with Gasteiger partial charge < -0.3 is 0 Å². The highest BCUT2D eigenvalue weighted by Crippen LogP contribution is 2.15. The number of halogens is 1. The van der Waals surface area contributed by atoms with Gasteiger partial charge in [0.2, 0.25) is 0 Å². The lowest BCUT2D eigenvalue weighted by molar-refractivity contribution is 0.103. The third-order valence-corrected chi connectivity index (χ3v) is 3.31. The minimum atomic E-state index is 0.0909. The predicted molar refractivity (Wildman–Crippen MR) is 78.5 cm³/mol. The molecule has 2 aromatic rings. The van der Waals surface area contributed by atoms with Crippen molar-refractivity contribution in [2.24, 2.45) is 0 Å². The molecule has 0 saturated heterocycles. The van der Waals surface area contributed by atoms with E-state index in [1.165, 1.54) is 0 Å². The second-order valence-corrected chi connectivity index (χ2v) is 5.46. The van der Waals surface area contributed by atoms with Gasteiger partial charge in [0.15, 0.2) is 5.78 Å². The van der Waals surface area contributed by atoms with Crippen LogP contribution in [0.2, 0.25) is 0 Å². The van der Waals surface area contributed by atoms with Crippen LogP contribution in [0.1, 0.15) is 27.0 Å². The molecular formula is C15H13IO. The lowest BCUT2D eigenvalue weighted by Gasteiger charge is -2.04. The van der Waals surface area contributed by atoms with Crippen LogP contribution in [0.3, 0.4) is 0 Å². The lowest BCUT2D eigenvalue weighted by atomic mass is 10.00. The van der Waals surface area contributed by atoms with Crippen LogP contribution in [0.15, 0.2) is 42.5 Å². The van der Waals surface area contributed by atoms with Crippen molar-refractivity contribution < 1.29 is 4.79 Å². The number of carbonyl (C=O) groups is 1. The highest BCUT2D eigenvalue weighted by atomic mass is 127. The Morgan fingerprint density at radius 1 is 0.882 bits per heavy atom. The fourth-order valence-electron chi connectivity index (χ4n) is 1.87. The number of aryl methyl sites for hydroxylation is 2. The third kappa shape index (κ3) is 2.94. The van der Waals surface area contributed by atoms with Gasteiger partial charge in [-0.1, -0.05) is 17.2 Å². The van der Waals surface area contributed by atoms with Crippen molar-refractivity contribution in [2.45, 2.75) is 13.8 Å². The minimum absolute atomic E-state index is 0.0909. The van der Waals surface area contributed by atoms with Crippen LogP contribution in [-0.2, 0) is 0 Å². The number of rotatable bonds is 2. The lowest BCUT2D eigenvalue weighted by Crippen LogP contribution is -2.02. The molecule has 0 amide bonds. The van der Waals surface area contributed by atoms with E-state index in [1.807, 2.05) is 50.2 Å². The van der Waals surface area contributed by atoms with E-state index < -0.39 is 0 Å². The van der Waals surface area contributed by atoms with E-state index in [2.05, 4.69) is 28.7 Å². The summed E-state index contributed by atoms with van der Waals surface area (Å²) in [6.45, 7) is 4.02. The smallest absolute Gasteiger partial charge is 0.193 e. The largest absolute Gasteiger partial charge is 0.289 e. The number of benzene rings is 2. The molecule has 0 radical (unpaired) electrons. The first kappa shape index (κ1) is 12.3. The van der Waals surface area contributed by atoms with Crippen molar-refractivity contribution in [3.8, 4) is 0 Å². The maximum atomic E-state index is 12.3. The molecule has 0 saturated carbocycles. The van der Waals surface area contributed by atoms with E-state index in [-0.39, 0.29) is 5.78 Å². The van der Waals surface area contributed by atoms with E-state index in [0.29, 0.717) is 0 Å². The summed E-state index contributed by atoms with van der Waals surface area (Å²) >= 11 is 2.23. The molecule has 2 heteroatoms. The molecule has 17 heavy (non-hydrogen) atoms. The molecule has 86 valence electrons. The van der Waals surface area contributed by atoms with Gasteiger partial charge in [-0.25, -0.2) is 0 Å². The zero-order valence-electron chi connectivity index (χ0n) is 9.83. The van der Waals surface area contributed by atoms with Crippen molar-refractivity contribution in [1.82, 2.24) is 0 Å². The van der Waals surface area contributed by atoms with Gasteiger partial charge in [0.05, 0.1) is 0 Å². The molecule has 1 nitrogen and oxygen atoms in total. The van der Waals surface area contributed by atoms with E-state index in [1.54, 1.807) is 0 Å².